The molecule has 5 heteroatoms. The minimum Gasteiger partial charge on any atom is -0.481 e. The molecule has 0 saturated carbocycles. The average Bonchev–Trinajstić information content (AvgIpc) is 2.20. The largest absolute Gasteiger partial charge is 0.481 e. The molecule has 0 spiro atoms. The average molecular weight is 287 g/mol. The molecular formula is C11H11BrO4. The van der Waals surface area contributed by atoms with E-state index in [2.05, 4.69) is 15.9 Å². The second-order valence-electron chi connectivity index (χ2n) is 3.36. The zero-order chi connectivity index (χ0) is 12.1. The topological polar surface area (TPSA) is 74.6 Å². The minimum atomic E-state index is -1.34. The molecule has 2 N–H and O–H groups in total. The number of hydrogen-bond donors (Lipinski definition) is 2. The van der Waals surface area contributed by atoms with Crippen LogP contribution in [0.1, 0.15) is 12.0 Å². The summed E-state index contributed by atoms with van der Waals surface area (Å²) in [7, 11) is 0. The fraction of sp³-hybridized carbons (Fsp3) is 0.273. The van der Waals surface area contributed by atoms with E-state index in [-0.39, 0.29) is 6.42 Å². The van der Waals surface area contributed by atoms with Gasteiger partial charge in [0, 0.05) is 4.47 Å². The van der Waals surface area contributed by atoms with Crippen LogP contribution in [0.25, 0.3) is 0 Å². The van der Waals surface area contributed by atoms with E-state index >= 15 is 0 Å². The van der Waals surface area contributed by atoms with Gasteiger partial charge in [0.25, 0.3) is 0 Å². The number of aliphatic carboxylic acids is 2. The second-order valence-corrected chi connectivity index (χ2v) is 4.21. The van der Waals surface area contributed by atoms with Gasteiger partial charge >= 0.3 is 11.9 Å². The van der Waals surface area contributed by atoms with E-state index < -0.39 is 17.9 Å². The van der Waals surface area contributed by atoms with Gasteiger partial charge < -0.3 is 10.2 Å². The molecule has 0 aromatic heterocycles. The Morgan fingerprint density at radius 3 is 2.25 bits per heavy atom. The van der Waals surface area contributed by atoms with Crippen molar-refractivity contribution in [3.05, 3.63) is 34.3 Å². The second kappa shape index (κ2) is 5.65. The molecule has 4 nitrogen and oxygen atoms in total. The molecule has 0 aliphatic rings. The minimum absolute atomic E-state index is 0.0906. The number of benzene rings is 1. The van der Waals surface area contributed by atoms with E-state index in [9.17, 15) is 9.59 Å². The first kappa shape index (κ1) is 12.7. The van der Waals surface area contributed by atoms with Gasteiger partial charge in [-0.15, -0.1) is 0 Å². The zero-order valence-electron chi connectivity index (χ0n) is 8.39. The van der Waals surface area contributed by atoms with Gasteiger partial charge in [-0.3, -0.25) is 9.59 Å². The summed E-state index contributed by atoms with van der Waals surface area (Å²) in [5.41, 5.74) is 0.912. The van der Waals surface area contributed by atoms with Crippen LogP contribution in [-0.4, -0.2) is 22.2 Å². The summed E-state index contributed by atoms with van der Waals surface area (Å²) in [6.45, 7) is 0. The maximum atomic E-state index is 10.7. The van der Waals surface area contributed by atoms with E-state index in [1.54, 1.807) is 0 Å². The number of hydrogen-bond acceptors (Lipinski definition) is 2. The standard InChI is InChI=1S/C11H11BrO4/c12-9-4-2-1-3-7(9)5-6-8(10(13)14)11(15)16/h1-4,8H,5-6H2,(H,13,14)(H,15,16). The lowest BCUT2D eigenvalue weighted by Gasteiger charge is -2.08. The third kappa shape index (κ3) is 3.34. The van der Waals surface area contributed by atoms with Crippen molar-refractivity contribution in [2.75, 3.05) is 0 Å². The van der Waals surface area contributed by atoms with Gasteiger partial charge in [-0.05, 0) is 24.5 Å². The summed E-state index contributed by atoms with van der Waals surface area (Å²) in [5.74, 6) is -3.92. The first-order valence-electron chi connectivity index (χ1n) is 4.71. The Morgan fingerprint density at radius 1 is 1.19 bits per heavy atom. The normalized spacial score (nSPS) is 10.4. The molecule has 16 heavy (non-hydrogen) atoms. The zero-order valence-corrected chi connectivity index (χ0v) is 9.98. The fourth-order valence-electron chi connectivity index (χ4n) is 1.35. The van der Waals surface area contributed by atoms with Crippen molar-refractivity contribution >= 4 is 27.9 Å². The van der Waals surface area contributed by atoms with Crippen LogP contribution in [-0.2, 0) is 16.0 Å². The highest BCUT2D eigenvalue weighted by Gasteiger charge is 2.25. The summed E-state index contributed by atoms with van der Waals surface area (Å²) < 4.78 is 0.865. The fourth-order valence-corrected chi connectivity index (χ4v) is 1.84. The van der Waals surface area contributed by atoms with Crippen LogP contribution in [0.15, 0.2) is 28.7 Å². The SMILES string of the molecule is O=C(O)C(CCc1ccccc1Br)C(=O)O. The Kier molecular flexibility index (Phi) is 4.49. The number of aryl methyl sites for hydroxylation is 1. The van der Waals surface area contributed by atoms with Crippen molar-refractivity contribution in [3.8, 4) is 0 Å². The highest BCUT2D eigenvalue weighted by molar-refractivity contribution is 9.10. The van der Waals surface area contributed by atoms with Crippen LogP contribution >= 0.6 is 15.9 Å². The molecule has 0 aliphatic carbocycles. The van der Waals surface area contributed by atoms with E-state index in [0.29, 0.717) is 6.42 Å². The Labute approximate surface area is 101 Å². The van der Waals surface area contributed by atoms with E-state index in [1.807, 2.05) is 24.3 Å². The Morgan fingerprint density at radius 2 is 1.75 bits per heavy atom. The van der Waals surface area contributed by atoms with Gasteiger partial charge in [0.15, 0.2) is 5.92 Å². The smallest absolute Gasteiger partial charge is 0.317 e. The lowest BCUT2D eigenvalue weighted by Crippen LogP contribution is -2.23. The van der Waals surface area contributed by atoms with Crippen LogP contribution in [0.3, 0.4) is 0 Å². The van der Waals surface area contributed by atoms with Crippen LogP contribution in [0.5, 0.6) is 0 Å². The first-order valence-corrected chi connectivity index (χ1v) is 5.50. The summed E-state index contributed by atoms with van der Waals surface area (Å²) >= 11 is 3.33. The number of rotatable bonds is 5. The summed E-state index contributed by atoms with van der Waals surface area (Å²) in [4.78, 5) is 21.3. The Bertz CT molecular complexity index is 389. The molecule has 0 fully saturated rings. The molecule has 0 heterocycles. The van der Waals surface area contributed by atoms with E-state index in [4.69, 9.17) is 10.2 Å². The maximum Gasteiger partial charge on any atom is 0.317 e. The van der Waals surface area contributed by atoms with Crippen molar-refractivity contribution in [2.45, 2.75) is 12.8 Å². The Balaban J connectivity index is 2.66. The van der Waals surface area contributed by atoms with Gasteiger partial charge in [-0.25, -0.2) is 0 Å². The van der Waals surface area contributed by atoms with Gasteiger partial charge in [0.1, 0.15) is 0 Å². The lowest BCUT2D eigenvalue weighted by atomic mass is 10.00. The highest BCUT2D eigenvalue weighted by atomic mass is 79.9. The maximum absolute atomic E-state index is 10.7. The van der Waals surface area contributed by atoms with Gasteiger partial charge in [-0.2, -0.15) is 0 Å². The van der Waals surface area contributed by atoms with E-state index in [1.165, 1.54) is 0 Å². The summed E-state index contributed by atoms with van der Waals surface area (Å²) in [6, 6.07) is 7.35. The summed E-state index contributed by atoms with van der Waals surface area (Å²) in [6.07, 6.45) is 0.512. The van der Waals surface area contributed by atoms with E-state index in [0.717, 1.165) is 10.0 Å². The molecule has 0 amide bonds. The van der Waals surface area contributed by atoms with Crippen LogP contribution in [0.2, 0.25) is 0 Å². The molecule has 0 radical (unpaired) electrons. The third-order valence-electron chi connectivity index (χ3n) is 2.26. The van der Waals surface area contributed by atoms with Gasteiger partial charge in [0.2, 0.25) is 0 Å². The number of carboxylic acid groups (broad SMARTS) is 2. The third-order valence-corrected chi connectivity index (χ3v) is 3.03. The monoisotopic (exact) mass is 286 g/mol. The molecule has 0 saturated heterocycles. The molecular weight excluding hydrogens is 276 g/mol. The van der Waals surface area contributed by atoms with Crippen LogP contribution in [0.4, 0.5) is 0 Å². The molecule has 86 valence electrons. The van der Waals surface area contributed by atoms with Crippen molar-refractivity contribution in [1.29, 1.82) is 0 Å². The van der Waals surface area contributed by atoms with Crippen LogP contribution in [0, 0.1) is 5.92 Å². The van der Waals surface area contributed by atoms with Crippen molar-refractivity contribution < 1.29 is 19.8 Å². The molecule has 1 aromatic rings. The van der Waals surface area contributed by atoms with Crippen LogP contribution < -0.4 is 0 Å². The highest BCUT2D eigenvalue weighted by Crippen LogP contribution is 2.19. The van der Waals surface area contributed by atoms with Gasteiger partial charge in [-0.1, -0.05) is 34.1 Å². The molecule has 0 aliphatic heterocycles. The predicted molar refractivity (Wildman–Crippen MR) is 61.2 cm³/mol. The lowest BCUT2D eigenvalue weighted by molar-refractivity contribution is -0.154. The van der Waals surface area contributed by atoms with Crippen molar-refractivity contribution in [2.24, 2.45) is 5.92 Å². The molecule has 0 atom stereocenters. The molecule has 0 unspecified atom stereocenters. The number of halogens is 1. The summed E-state index contributed by atoms with van der Waals surface area (Å²) in [5, 5.41) is 17.4. The molecule has 0 bridgehead atoms. The first-order chi connectivity index (χ1) is 7.52. The molecule has 1 rings (SSSR count). The van der Waals surface area contributed by atoms with Crippen molar-refractivity contribution in [3.63, 3.8) is 0 Å². The molecule has 1 aromatic carbocycles. The van der Waals surface area contributed by atoms with Crippen molar-refractivity contribution in [1.82, 2.24) is 0 Å². The number of carboxylic acids is 2. The number of carbonyl (C=O) groups is 2. The van der Waals surface area contributed by atoms with Gasteiger partial charge in [0.05, 0.1) is 0 Å². The predicted octanol–water partition coefficient (Wildman–Crippen LogP) is 2.17. The quantitative estimate of drug-likeness (QED) is 0.814. The Hall–Kier alpha value is -1.36.